The van der Waals surface area contributed by atoms with Gasteiger partial charge in [0, 0.05) is 11.4 Å². The lowest BCUT2D eigenvalue weighted by molar-refractivity contribution is -0.137. The minimum atomic E-state index is -4.45. The van der Waals surface area contributed by atoms with Crippen molar-refractivity contribution >= 4 is 23.3 Å². The molecule has 0 saturated carbocycles. The van der Waals surface area contributed by atoms with Gasteiger partial charge in [0.2, 0.25) is 5.91 Å². The van der Waals surface area contributed by atoms with Crippen LogP contribution in [-0.2, 0) is 11.0 Å². The Labute approximate surface area is 146 Å². The number of carbonyl (C=O) groups is 2. The molecule has 9 heteroatoms. The van der Waals surface area contributed by atoms with E-state index in [2.05, 4.69) is 16.0 Å². The first-order valence-corrected chi connectivity index (χ1v) is 7.30. The molecule has 0 unspecified atom stereocenters. The molecule has 0 heterocycles. The summed E-state index contributed by atoms with van der Waals surface area (Å²) in [5.41, 5.74) is 0.226. The second-order valence-electron chi connectivity index (χ2n) is 5.12. The summed E-state index contributed by atoms with van der Waals surface area (Å²) in [6, 6.07) is 11.3. The highest BCUT2D eigenvalue weighted by molar-refractivity contribution is 5.96. The van der Waals surface area contributed by atoms with Crippen LogP contribution in [-0.4, -0.2) is 18.5 Å². The smallest absolute Gasteiger partial charge is 0.329 e. The van der Waals surface area contributed by atoms with Gasteiger partial charge >= 0.3 is 12.2 Å². The van der Waals surface area contributed by atoms with E-state index in [4.69, 9.17) is 5.26 Å². The van der Waals surface area contributed by atoms with Gasteiger partial charge in [-0.2, -0.15) is 18.4 Å². The van der Waals surface area contributed by atoms with Crippen molar-refractivity contribution in [2.75, 3.05) is 17.2 Å². The highest BCUT2D eigenvalue weighted by Crippen LogP contribution is 2.29. The number of halogens is 3. The maximum Gasteiger partial charge on any atom is 0.416 e. The van der Waals surface area contributed by atoms with Crippen molar-refractivity contribution in [1.82, 2.24) is 5.32 Å². The van der Waals surface area contributed by atoms with Crippen LogP contribution >= 0.6 is 0 Å². The van der Waals surface area contributed by atoms with Crippen LogP contribution < -0.4 is 16.0 Å². The summed E-state index contributed by atoms with van der Waals surface area (Å²) in [6.45, 7) is -0.372. The number of carbonyl (C=O) groups excluding carboxylic acids is 2. The lowest BCUT2D eigenvalue weighted by atomic mass is 10.2. The van der Waals surface area contributed by atoms with E-state index in [1.807, 2.05) is 6.07 Å². The lowest BCUT2D eigenvalue weighted by Gasteiger charge is -2.10. The van der Waals surface area contributed by atoms with Crippen LogP contribution in [0.15, 0.2) is 48.5 Å². The number of hydrogen-bond acceptors (Lipinski definition) is 3. The lowest BCUT2D eigenvalue weighted by Crippen LogP contribution is -2.35. The van der Waals surface area contributed by atoms with E-state index < -0.39 is 23.7 Å². The first-order valence-electron chi connectivity index (χ1n) is 7.30. The molecule has 0 atom stereocenters. The minimum Gasteiger partial charge on any atom is -0.329 e. The zero-order chi connectivity index (χ0) is 19.2. The molecule has 3 amide bonds. The van der Waals surface area contributed by atoms with E-state index in [1.165, 1.54) is 24.3 Å². The van der Waals surface area contributed by atoms with Crippen LogP contribution in [0.25, 0.3) is 0 Å². The molecule has 134 valence electrons. The van der Waals surface area contributed by atoms with Crippen molar-refractivity contribution in [2.45, 2.75) is 6.18 Å². The zero-order valence-corrected chi connectivity index (χ0v) is 13.2. The Kier molecular flexibility index (Phi) is 5.80. The van der Waals surface area contributed by atoms with Gasteiger partial charge in [-0.1, -0.05) is 0 Å². The Bertz CT molecular complexity index is 825. The average molecular weight is 362 g/mol. The molecule has 0 spiro atoms. The number of alkyl halides is 3. The largest absolute Gasteiger partial charge is 0.416 e. The monoisotopic (exact) mass is 362 g/mol. The Hall–Kier alpha value is -3.54. The fourth-order valence-corrected chi connectivity index (χ4v) is 1.91. The molecule has 0 saturated heterocycles. The van der Waals surface area contributed by atoms with Gasteiger partial charge in [-0.3, -0.25) is 4.79 Å². The number of benzene rings is 2. The van der Waals surface area contributed by atoms with Gasteiger partial charge in [0.05, 0.1) is 23.7 Å². The number of nitriles is 1. The standard InChI is InChI=1S/C17H13F3N4O2/c18-17(19,20)12-3-7-13(8-4-12)23-15(25)10-22-16(26)24-14-5-1-11(9-21)2-6-14/h1-8H,10H2,(H,23,25)(H2,22,24,26). The maximum atomic E-state index is 12.5. The summed E-state index contributed by atoms with van der Waals surface area (Å²) in [6.07, 6.45) is -4.45. The van der Waals surface area contributed by atoms with Gasteiger partial charge in [-0.15, -0.1) is 0 Å². The number of nitrogens with one attached hydrogen (secondary N) is 3. The number of anilines is 2. The Balaban J connectivity index is 1.80. The number of nitrogens with zero attached hydrogens (tertiary/aromatic N) is 1. The average Bonchev–Trinajstić information content (AvgIpc) is 2.60. The van der Waals surface area contributed by atoms with Crippen molar-refractivity contribution < 1.29 is 22.8 Å². The Morgan fingerprint density at radius 1 is 0.923 bits per heavy atom. The zero-order valence-electron chi connectivity index (χ0n) is 13.2. The first kappa shape index (κ1) is 18.8. The van der Waals surface area contributed by atoms with E-state index in [-0.39, 0.29) is 12.2 Å². The van der Waals surface area contributed by atoms with Crippen LogP contribution in [0.4, 0.5) is 29.3 Å². The van der Waals surface area contributed by atoms with Crippen LogP contribution in [0, 0.1) is 11.3 Å². The molecular weight excluding hydrogens is 349 g/mol. The van der Waals surface area contributed by atoms with Crippen LogP contribution in [0.3, 0.4) is 0 Å². The molecule has 2 rings (SSSR count). The summed E-state index contributed by atoms with van der Waals surface area (Å²) in [4.78, 5) is 23.4. The first-order chi connectivity index (χ1) is 12.3. The summed E-state index contributed by atoms with van der Waals surface area (Å²) < 4.78 is 37.4. The van der Waals surface area contributed by atoms with Crippen molar-refractivity contribution in [3.63, 3.8) is 0 Å². The van der Waals surface area contributed by atoms with E-state index in [0.29, 0.717) is 11.3 Å². The molecule has 0 aliphatic heterocycles. The van der Waals surface area contributed by atoms with Crippen LogP contribution in [0.5, 0.6) is 0 Å². The summed E-state index contributed by atoms with van der Waals surface area (Å²) in [5, 5.41) is 15.8. The quantitative estimate of drug-likeness (QED) is 0.779. The SMILES string of the molecule is N#Cc1ccc(NC(=O)NCC(=O)Nc2ccc(C(F)(F)F)cc2)cc1. The molecule has 0 fully saturated rings. The van der Waals surface area contributed by atoms with E-state index in [9.17, 15) is 22.8 Å². The third-order valence-corrected chi connectivity index (χ3v) is 3.18. The second kappa shape index (κ2) is 8.02. The van der Waals surface area contributed by atoms with Crippen LogP contribution in [0.1, 0.15) is 11.1 Å². The van der Waals surface area contributed by atoms with Crippen molar-refractivity contribution in [2.24, 2.45) is 0 Å². The highest BCUT2D eigenvalue weighted by atomic mass is 19.4. The predicted octanol–water partition coefficient (Wildman–Crippen LogP) is 3.34. The molecule has 0 aromatic heterocycles. The molecule has 26 heavy (non-hydrogen) atoms. The van der Waals surface area contributed by atoms with Crippen molar-refractivity contribution in [3.8, 4) is 6.07 Å². The van der Waals surface area contributed by atoms with E-state index in [0.717, 1.165) is 24.3 Å². The molecular formula is C17H13F3N4O2. The third-order valence-electron chi connectivity index (χ3n) is 3.18. The third kappa shape index (κ3) is 5.52. The number of rotatable bonds is 4. The van der Waals surface area contributed by atoms with Gasteiger partial charge in [-0.25, -0.2) is 4.79 Å². The van der Waals surface area contributed by atoms with Crippen molar-refractivity contribution in [1.29, 1.82) is 5.26 Å². The van der Waals surface area contributed by atoms with Gasteiger partial charge in [0.1, 0.15) is 0 Å². The number of urea groups is 1. The molecule has 0 aliphatic carbocycles. The summed E-state index contributed by atoms with van der Waals surface area (Å²) in [5.74, 6) is -0.597. The second-order valence-corrected chi connectivity index (χ2v) is 5.12. The van der Waals surface area contributed by atoms with Gasteiger partial charge in [-0.05, 0) is 48.5 Å². The minimum absolute atomic E-state index is 0.178. The molecule has 0 aliphatic rings. The van der Waals surface area contributed by atoms with E-state index in [1.54, 1.807) is 0 Å². The molecule has 2 aromatic carbocycles. The van der Waals surface area contributed by atoms with Gasteiger partial charge in [0.25, 0.3) is 0 Å². The Morgan fingerprint density at radius 2 is 1.46 bits per heavy atom. The molecule has 6 nitrogen and oxygen atoms in total. The molecule has 0 bridgehead atoms. The van der Waals surface area contributed by atoms with Crippen LogP contribution in [0.2, 0.25) is 0 Å². The van der Waals surface area contributed by atoms with Crippen molar-refractivity contribution in [3.05, 3.63) is 59.7 Å². The normalized spacial score (nSPS) is 10.5. The Morgan fingerprint density at radius 3 is 2.00 bits per heavy atom. The predicted molar refractivity (Wildman–Crippen MR) is 88.3 cm³/mol. The number of hydrogen-bond donors (Lipinski definition) is 3. The fraction of sp³-hybridized carbons (Fsp3) is 0.118. The highest BCUT2D eigenvalue weighted by Gasteiger charge is 2.29. The van der Waals surface area contributed by atoms with E-state index >= 15 is 0 Å². The maximum absolute atomic E-state index is 12.5. The fourth-order valence-electron chi connectivity index (χ4n) is 1.91. The molecule has 3 N–H and O–H groups in total. The topological polar surface area (TPSA) is 94.0 Å². The summed E-state index contributed by atoms with van der Waals surface area (Å²) >= 11 is 0. The number of amides is 3. The van der Waals surface area contributed by atoms with Gasteiger partial charge < -0.3 is 16.0 Å². The van der Waals surface area contributed by atoms with Gasteiger partial charge in [0.15, 0.2) is 0 Å². The molecule has 0 radical (unpaired) electrons. The molecule has 2 aromatic rings. The summed E-state index contributed by atoms with van der Waals surface area (Å²) in [7, 11) is 0.